The van der Waals surface area contributed by atoms with Gasteiger partial charge < -0.3 is 9.84 Å². The molecule has 0 spiro atoms. The molecule has 0 atom stereocenters. The number of nitrogens with one attached hydrogen (secondary N) is 1. The maximum atomic E-state index is 10.8. The summed E-state index contributed by atoms with van der Waals surface area (Å²) in [6.07, 6.45) is 0. The molecule has 78 valence electrons. The maximum Gasteiger partial charge on any atom is 0.347 e. The number of nitrogens with zero attached hydrogens (tertiary/aromatic N) is 1. The van der Waals surface area contributed by atoms with Gasteiger partial charge in [-0.1, -0.05) is 0 Å². The molecule has 5 heteroatoms. The van der Waals surface area contributed by atoms with Crippen LogP contribution in [0, 0.1) is 13.8 Å². The molecule has 0 aromatic carbocycles. The molecular weight excluding hydrogens is 184 g/mol. The quantitative estimate of drug-likeness (QED) is 0.766. The molecule has 1 heterocycles. The van der Waals surface area contributed by atoms with Gasteiger partial charge in [0.1, 0.15) is 5.69 Å². The smallest absolute Gasteiger partial charge is 0.347 e. The summed E-state index contributed by atoms with van der Waals surface area (Å²) >= 11 is 0. The molecule has 1 aromatic rings. The Kier molecular flexibility index (Phi) is 2.51. The Morgan fingerprint density at radius 1 is 1.50 bits per heavy atom. The minimum Gasteiger partial charge on any atom is -0.478 e. The first kappa shape index (κ1) is 10.6. The topological polar surface area (TPSA) is 75.2 Å². The van der Waals surface area contributed by atoms with Crippen molar-refractivity contribution in [2.75, 3.05) is 0 Å². The van der Waals surface area contributed by atoms with Crippen LogP contribution in [-0.2, 0) is 4.79 Å². The second kappa shape index (κ2) is 3.32. The number of aliphatic carboxylic acids is 1. The lowest BCUT2D eigenvalue weighted by atomic mass is 10.1. The number of aryl methyl sites for hydroxylation is 2. The lowest BCUT2D eigenvalue weighted by Gasteiger charge is -2.21. The van der Waals surface area contributed by atoms with Crippen LogP contribution in [0.3, 0.4) is 0 Å². The van der Waals surface area contributed by atoms with Crippen molar-refractivity contribution in [1.29, 1.82) is 0 Å². The minimum atomic E-state index is -1.24. The summed E-state index contributed by atoms with van der Waals surface area (Å²) in [5.41, 5.74) is 0.160. The predicted molar refractivity (Wildman–Crippen MR) is 50.4 cm³/mol. The van der Waals surface area contributed by atoms with Crippen LogP contribution >= 0.6 is 0 Å². The van der Waals surface area contributed by atoms with Gasteiger partial charge in [-0.3, -0.25) is 5.10 Å². The van der Waals surface area contributed by atoms with E-state index >= 15 is 0 Å². The predicted octanol–water partition coefficient (Wildman–Crippen LogP) is 1.27. The highest BCUT2D eigenvalue weighted by molar-refractivity contribution is 5.76. The second-order valence-electron chi connectivity index (χ2n) is 3.68. The van der Waals surface area contributed by atoms with Crippen molar-refractivity contribution in [1.82, 2.24) is 10.2 Å². The molecule has 0 bridgehead atoms. The molecule has 0 aliphatic heterocycles. The normalized spacial score (nSPS) is 11.4. The molecule has 0 aliphatic carbocycles. The van der Waals surface area contributed by atoms with E-state index in [9.17, 15) is 4.79 Å². The summed E-state index contributed by atoms with van der Waals surface area (Å²) in [5.74, 6) is -0.491. The monoisotopic (exact) mass is 198 g/mol. The lowest BCUT2D eigenvalue weighted by molar-refractivity contribution is -0.152. The number of rotatable bonds is 3. The second-order valence-corrected chi connectivity index (χ2v) is 3.68. The first-order chi connectivity index (χ1) is 6.34. The summed E-state index contributed by atoms with van der Waals surface area (Å²) in [6.45, 7) is 6.55. The Morgan fingerprint density at radius 2 is 2.07 bits per heavy atom. The van der Waals surface area contributed by atoms with Crippen molar-refractivity contribution in [3.05, 3.63) is 11.4 Å². The first-order valence-corrected chi connectivity index (χ1v) is 4.28. The van der Waals surface area contributed by atoms with E-state index in [-0.39, 0.29) is 0 Å². The lowest BCUT2D eigenvalue weighted by Crippen LogP contribution is -2.38. The van der Waals surface area contributed by atoms with E-state index in [1.54, 1.807) is 13.8 Å². The Labute approximate surface area is 82.1 Å². The van der Waals surface area contributed by atoms with Gasteiger partial charge in [0.2, 0.25) is 0 Å². The van der Waals surface area contributed by atoms with E-state index in [1.807, 2.05) is 0 Å². The van der Waals surface area contributed by atoms with Crippen molar-refractivity contribution in [2.45, 2.75) is 33.3 Å². The Hall–Kier alpha value is -1.52. The van der Waals surface area contributed by atoms with Gasteiger partial charge in [-0.05, 0) is 27.7 Å². The van der Waals surface area contributed by atoms with Gasteiger partial charge in [0.15, 0.2) is 11.4 Å². The van der Waals surface area contributed by atoms with Crippen LogP contribution in [0.4, 0.5) is 0 Å². The first-order valence-electron chi connectivity index (χ1n) is 4.28. The molecule has 14 heavy (non-hydrogen) atoms. The summed E-state index contributed by atoms with van der Waals surface area (Å²) < 4.78 is 5.37. The third-order valence-electron chi connectivity index (χ3n) is 1.93. The fourth-order valence-corrected chi connectivity index (χ4v) is 0.990. The zero-order valence-electron chi connectivity index (χ0n) is 8.71. The number of H-pyrrole nitrogens is 1. The molecule has 1 rings (SSSR count). The maximum absolute atomic E-state index is 10.8. The van der Waals surface area contributed by atoms with E-state index in [0.29, 0.717) is 11.4 Å². The van der Waals surface area contributed by atoms with E-state index in [0.717, 1.165) is 5.69 Å². The molecule has 0 aliphatic rings. The third kappa shape index (κ3) is 1.86. The Balaban J connectivity index is 2.94. The van der Waals surface area contributed by atoms with Gasteiger partial charge in [0.25, 0.3) is 0 Å². The Morgan fingerprint density at radius 3 is 2.43 bits per heavy atom. The highest BCUT2D eigenvalue weighted by Gasteiger charge is 2.31. The van der Waals surface area contributed by atoms with Gasteiger partial charge >= 0.3 is 5.97 Å². The van der Waals surface area contributed by atoms with Crippen molar-refractivity contribution in [2.24, 2.45) is 0 Å². The van der Waals surface area contributed by atoms with Crippen LogP contribution in [0.1, 0.15) is 25.2 Å². The standard InChI is InChI=1S/C9H14N2O3/c1-5-7(6(2)11-10-5)14-9(3,4)8(12)13/h1-4H3,(H,10,11)(H,12,13). The molecule has 0 saturated carbocycles. The minimum absolute atomic E-state index is 0.511. The van der Waals surface area contributed by atoms with Gasteiger partial charge in [-0.2, -0.15) is 5.10 Å². The molecular formula is C9H14N2O3. The van der Waals surface area contributed by atoms with Crippen molar-refractivity contribution < 1.29 is 14.6 Å². The van der Waals surface area contributed by atoms with Crippen LogP contribution in [0.25, 0.3) is 0 Å². The summed E-state index contributed by atoms with van der Waals surface area (Å²) in [7, 11) is 0. The number of aromatic amines is 1. The number of hydrogen-bond acceptors (Lipinski definition) is 3. The van der Waals surface area contributed by atoms with Gasteiger partial charge in [0, 0.05) is 0 Å². The number of ether oxygens (including phenoxy) is 1. The van der Waals surface area contributed by atoms with E-state index in [2.05, 4.69) is 10.2 Å². The molecule has 0 amide bonds. The fourth-order valence-electron chi connectivity index (χ4n) is 0.990. The number of aromatic nitrogens is 2. The van der Waals surface area contributed by atoms with Crippen molar-refractivity contribution in [3.8, 4) is 5.75 Å². The summed E-state index contributed by atoms with van der Waals surface area (Å²) in [4.78, 5) is 10.8. The largest absolute Gasteiger partial charge is 0.478 e. The zero-order chi connectivity index (χ0) is 10.9. The van der Waals surface area contributed by atoms with Crippen LogP contribution in [0.5, 0.6) is 5.75 Å². The third-order valence-corrected chi connectivity index (χ3v) is 1.93. The van der Waals surface area contributed by atoms with E-state index in [4.69, 9.17) is 9.84 Å². The van der Waals surface area contributed by atoms with Gasteiger partial charge in [-0.25, -0.2) is 4.79 Å². The molecule has 0 unspecified atom stereocenters. The molecule has 5 nitrogen and oxygen atoms in total. The SMILES string of the molecule is Cc1n[nH]c(C)c1OC(C)(C)C(=O)O. The molecule has 0 radical (unpaired) electrons. The fraction of sp³-hybridized carbons (Fsp3) is 0.556. The van der Waals surface area contributed by atoms with Crippen LogP contribution in [-0.4, -0.2) is 26.9 Å². The number of carbonyl (C=O) groups is 1. The highest BCUT2D eigenvalue weighted by Crippen LogP contribution is 2.24. The van der Waals surface area contributed by atoms with E-state index < -0.39 is 11.6 Å². The van der Waals surface area contributed by atoms with Crippen molar-refractivity contribution in [3.63, 3.8) is 0 Å². The molecule has 0 fully saturated rings. The summed E-state index contributed by atoms with van der Waals surface area (Å²) in [6, 6.07) is 0. The zero-order valence-corrected chi connectivity index (χ0v) is 8.71. The van der Waals surface area contributed by atoms with E-state index in [1.165, 1.54) is 13.8 Å². The van der Waals surface area contributed by atoms with Crippen LogP contribution < -0.4 is 4.74 Å². The van der Waals surface area contributed by atoms with Crippen LogP contribution in [0.2, 0.25) is 0 Å². The highest BCUT2D eigenvalue weighted by atomic mass is 16.5. The number of carboxylic acids is 1. The van der Waals surface area contributed by atoms with Crippen molar-refractivity contribution >= 4 is 5.97 Å². The van der Waals surface area contributed by atoms with Crippen LogP contribution in [0.15, 0.2) is 0 Å². The average Bonchev–Trinajstić information content (AvgIpc) is 2.35. The number of hydrogen-bond donors (Lipinski definition) is 2. The molecule has 1 aromatic heterocycles. The summed E-state index contributed by atoms with van der Waals surface area (Å²) in [5, 5.41) is 15.5. The van der Waals surface area contributed by atoms with Gasteiger partial charge in [0.05, 0.1) is 5.69 Å². The Bertz CT molecular complexity index is 335. The van der Waals surface area contributed by atoms with Gasteiger partial charge in [-0.15, -0.1) is 0 Å². The molecule has 0 saturated heterocycles. The number of carboxylic acid groups (broad SMARTS) is 1. The average molecular weight is 198 g/mol. The molecule has 2 N–H and O–H groups in total.